The third kappa shape index (κ3) is 4.53. The largest absolute Gasteiger partial charge is 0.396 e. The van der Waals surface area contributed by atoms with Crippen LogP contribution in [0.25, 0.3) is 0 Å². The summed E-state index contributed by atoms with van der Waals surface area (Å²) in [6, 6.07) is 18.9. The van der Waals surface area contributed by atoms with Crippen LogP contribution < -0.4 is 11.1 Å². The number of hydrogen-bond donors (Lipinski definition) is 2. The molecule has 1 aromatic heterocycles. The number of aryl methyl sites for hydroxylation is 2. The Bertz CT molecular complexity index is 1430. The van der Waals surface area contributed by atoms with Crippen LogP contribution in [0.5, 0.6) is 0 Å². The third-order valence-electron chi connectivity index (χ3n) is 5.12. The highest BCUT2D eigenvalue weighted by molar-refractivity contribution is 7.92. The van der Waals surface area contributed by atoms with Crippen LogP contribution in [-0.4, -0.2) is 14.2 Å². The summed E-state index contributed by atoms with van der Waals surface area (Å²) >= 11 is 0.958. The second-order valence-electron chi connectivity index (χ2n) is 7.65. The van der Waals surface area contributed by atoms with Crippen molar-refractivity contribution in [1.82, 2.24) is 0 Å². The summed E-state index contributed by atoms with van der Waals surface area (Å²) < 4.78 is 40.5. The second-order valence-corrected chi connectivity index (χ2v) is 10.6. The molecule has 3 aromatic carbocycles. The number of anilines is 3. The van der Waals surface area contributed by atoms with Crippen LogP contribution in [0.2, 0.25) is 0 Å². The Labute approximate surface area is 195 Å². The number of nitrogens with one attached hydrogen (secondary N) is 1. The molecule has 4 rings (SSSR count). The van der Waals surface area contributed by atoms with Gasteiger partial charge in [-0.3, -0.25) is 4.79 Å². The fourth-order valence-electron chi connectivity index (χ4n) is 3.28. The molecule has 0 saturated carbocycles. The Balaban J connectivity index is 1.87. The van der Waals surface area contributed by atoms with E-state index < -0.39 is 21.4 Å². The molecule has 0 atom stereocenters. The van der Waals surface area contributed by atoms with Gasteiger partial charge in [0.2, 0.25) is 15.6 Å². The van der Waals surface area contributed by atoms with Gasteiger partial charge in [0.05, 0.1) is 10.6 Å². The zero-order chi connectivity index (χ0) is 23.8. The Morgan fingerprint density at radius 3 is 2.00 bits per heavy atom. The molecular formula is C25H21FN2O3S2. The maximum atomic E-state index is 13.6. The van der Waals surface area contributed by atoms with Crippen LogP contribution in [0.3, 0.4) is 0 Å². The van der Waals surface area contributed by atoms with Crippen LogP contribution in [0.15, 0.2) is 82.6 Å². The van der Waals surface area contributed by atoms with Gasteiger partial charge in [-0.2, -0.15) is 0 Å². The Kier molecular flexibility index (Phi) is 6.05. The standard InChI is InChI=1S/C25H21FN2O3S2/c1-15-3-11-19(12-4-15)28-25-24(33(30,31)20-13-5-16(2)6-14-20)21(27)23(32-25)22(29)17-7-9-18(26)10-8-17/h3-14,28H,27H2,1-2H3. The normalized spacial score (nSPS) is 11.4. The highest BCUT2D eigenvalue weighted by atomic mass is 32.2. The molecular weight excluding hydrogens is 459 g/mol. The summed E-state index contributed by atoms with van der Waals surface area (Å²) in [4.78, 5) is 13.1. The minimum atomic E-state index is -4.04. The lowest BCUT2D eigenvalue weighted by atomic mass is 10.1. The molecule has 0 aliphatic carbocycles. The first-order chi connectivity index (χ1) is 15.7. The number of sulfone groups is 1. The number of ketones is 1. The molecule has 168 valence electrons. The summed E-state index contributed by atoms with van der Waals surface area (Å²) in [5.41, 5.74) is 9.00. The van der Waals surface area contributed by atoms with Crippen LogP contribution in [0, 0.1) is 19.7 Å². The van der Waals surface area contributed by atoms with Gasteiger partial charge in [-0.1, -0.05) is 35.4 Å². The van der Waals surface area contributed by atoms with Crippen molar-refractivity contribution in [2.45, 2.75) is 23.6 Å². The first-order valence-electron chi connectivity index (χ1n) is 10.0. The molecule has 1 heterocycles. The van der Waals surface area contributed by atoms with Gasteiger partial charge >= 0.3 is 0 Å². The Morgan fingerprint density at radius 2 is 1.42 bits per heavy atom. The molecule has 4 aromatic rings. The van der Waals surface area contributed by atoms with Crippen molar-refractivity contribution < 1.29 is 17.6 Å². The molecule has 3 N–H and O–H groups in total. The summed E-state index contributed by atoms with van der Waals surface area (Å²) in [6.45, 7) is 3.80. The van der Waals surface area contributed by atoms with Crippen molar-refractivity contribution in [2.75, 3.05) is 11.1 Å². The molecule has 0 spiro atoms. The number of thiophene rings is 1. The summed E-state index contributed by atoms with van der Waals surface area (Å²) in [6.07, 6.45) is 0. The molecule has 0 aliphatic heterocycles. The maximum absolute atomic E-state index is 13.6. The lowest BCUT2D eigenvalue weighted by Gasteiger charge is -2.10. The Hall–Kier alpha value is -3.49. The van der Waals surface area contributed by atoms with Crippen molar-refractivity contribution in [3.05, 3.63) is 100 Å². The van der Waals surface area contributed by atoms with E-state index in [1.807, 2.05) is 38.1 Å². The van der Waals surface area contributed by atoms with Crippen molar-refractivity contribution in [2.24, 2.45) is 0 Å². The van der Waals surface area contributed by atoms with E-state index in [2.05, 4.69) is 5.32 Å². The van der Waals surface area contributed by atoms with E-state index in [4.69, 9.17) is 5.73 Å². The zero-order valence-corrected chi connectivity index (χ0v) is 19.6. The highest BCUT2D eigenvalue weighted by Crippen LogP contribution is 2.44. The van der Waals surface area contributed by atoms with Crippen molar-refractivity contribution in [1.29, 1.82) is 0 Å². The molecule has 0 unspecified atom stereocenters. The lowest BCUT2D eigenvalue weighted by molar-refractivity contribution is 0.104. The molecule has 33 heavy (non-hydrogen) atoms. The van der Waals surface area contributed by atoms with Crippen molar-refractivity contribution in [3.8, 4) is 0 Å². The van der Waals surface area contributed by atoms with Gasteiger partial charge in [0.25, 0.3) is 0 Å². The number of carbonyl (C=O) groups excluding carboxylic acids is 1. The number of carbonyl (C=O) groups is 1. The predicted octanol–water partition coefficient (Wildman–Crippen LogP) is 5.89. The van der Waals surface area contributed by atoms with Crippen molar-refractivity contribution in [3.63, 3.8) is 0 Å². The van der Waals surface area contributed by atoms with Crippen LogP contribution >= 0.6 is 11.3 Å². The molecule has 0 saturated heterocycles. The third-order valence-corrected chi connectivity index (χ3v) is 8.22. The number of halogens is 1. The molecule has 0 fully saturated rings. The first kappa shape index (κ1) is 22.7. The fourth-order valence-corrected chi connectivity index (χ4v) is 6.22. The van der Waals surface area contributed by atoms with Crippen molar-refractivity contribution >= 4 is 43.3 Å². The molecule has 5 nitrogen and oxygen atoms in total. The quantitative estimate of drug-likeness (QED) is 0.336. The average molecular weight is 481 g/mol. The summed E-state index contributed by atoms with van der Waals surface area (Å²) in [5.74, 6) is -0.954. The number of rotatable bonds is 6. The number of benzene rings is 3. The van der Waals surface area contributed by atoms with Gasteiger partial charge in [0, 0.05) is 11.3 Å². The average Bonchev–Trinajstić information content (AvgIpc) is 3.12. The number of hydrogen-bond acceptors (Lipinski definition) is 6. The van der Waals surface area contributed by atoms with Gasteiger partial charge in [0.15, 0.2) is 0 Å². The van der Waals surface area contributed by atoms with Crippen LogP contribution in [0.1, 0.15) is 26.4 Å². The van der Waals surface area contributed by atoms with E-state index in [0.717, 1.165) is 22.5 Å². The maximum Gasteiger partial charge on any atom is 0.211 e. The van der Waals surface area contributed by atoms with Gasteiger partial charge in [-0.05, 0) is 62.4 Å². The van der Waals surface area contributed by atoms with E-state index in [0.29, 0.717) is 5.69 Å². The lowest BCUT2D eigenvalue weighted by Crippen LogP contribution is -2.08. The zero-order valence-electron chi connectivity index (χ0n) is 17.9. The first-order valence-corrected chi connectivity index (χ1v) is 12.3. The van der Waals surface area contributed by atoms with E-state index in [-0.39, 0.29) is 30.9 Å². The monoisotopic (exact) mass is 480 g/mol. The SMILES string of the molecule is Cc1ccc(Nc2sc(C(=O)c3ccc(F)cc3)c(N)c2S(=O)(=O)c2ccc(C)cc2)cc1. The second kappa shape index (κ2) is 8.80. The molecule has 0 bridgehead atoms. The van der Waals surface area contributed by atoms with Gasteiger partial charge in [0.1, 0.15) is 20.6 Å². The molecule has 0 amide bonds. The topological polar surface area (TPSA) is 89.3 Å². The molecule has 0 aliphatic rings. The van der Waals surface area contributed by atoms with Crippen LogP contribution in [0.4, 0.5) is 20.8 Å². The number of nitrogen functional groups attached to an aromatic ring is 1. The van der Waals surface area contributed by atoms with Gasteiger partial charge in [-0.15, -0.1) is 11.3 Å². The minimum absolute atomic E-state index is 0.0712. The minimum Gasteiger partial charge on any atom is -0.396 e. The predicted molar refractivity (Wildman–Crippen MR) is 130 cm³/mol. The van der Waals surface area contributed by atoms with Crippen LogP contribution in [-0.2, 0) is 9.84 Å². The number of nitrogens with two attached hydrogens (primary N) is 1. The van der Waals surface area contributed by atoms with E-state index >= 15 is 0 Å². The van der Waals surface area contributed by atoms with Gasteiger partial charge < -0.3 is 11.1 Å². The summed E-state index contributed by atoms with van der Waals surface area (Å²) in [7, 11) is -4.04. The van der Waals surface area contributed by atoms with E-state index in [9.17, 15) is 17.6 Å². The van der Waals surface area contributed by atoms with Gasteiger partial charge in [-0.25, -0.2) is 12.8 Å². The highest BCUT2D eigenvalue weighted by Gasteiger charge is 2.31. The molecule has 0 radical (unpaired) electrons. The fraction of sp³-hybridized carbons (Fsp3) is 0.0800. The smallest absolute Gasteiger partial charge is 0.211 e. The Morgan fingerprint density at radius 1 is 0.879 bits per heavy atom. The van der Waals surface area contributed by atoms with E-state index in [1.54, 1.807) is 12.1 Å². The van der Waals surface area contributed by atoms with E-state index in [1.165, 1.54) is 36.4 Å². The summed E-state index contributed by atoms with van der Waals surface area (Å²) in [5, 5.41) is 3.35. The molecule has 8 heteroatoms.